The number of aromatic amines is 1. The van der Waals surface area contributed by atoms with Crippen LogP contribution in [0.1, 0.15) is 34.6 Å². The van der Waals surface area contributed by atoms with Gasteiger partial charge in [0.15, 0.2) is 6.04 Å². The molecule has 4 rings (SSSR count). The SMILES string of the molecule is C/C(=N/NC(=O)[C@@H](NC(=O)c1ccccc1)c1n[nH]c(=O)c2ccccc12)c1ccc([N+](=O)[O-])cc1. The highest BCUT2D eigenvalue weighted by Gasteiger charge is 2.27. The smallest absolute Gasteiger partial charge is 0.272 e. The molecular formula is C25H20N6O5. The van der Waals surface area contributed by atoms with Crippen molar-refractivity contribution >= 4 is 34.0 Å². The van der Waals surface area contributed by atoms with Gasteiger partial charge in [-0.05, 0) is 42.8 Å². The van der Waals surface area contributed by atoms with Crippen molar-refractivity contribution in [2.24, 2.45) is 5.10 Å². The minimum atomic E-state index is -1.30. The Morgan fingerprint density at radius 3 is 2.25 bits per heavy atom. The molecule has 1 heterocycles. The van der Waals surface area contributed by atoms with E-state index in [-0.39, 0.29) is 11.4 Å². The van der Waals surface area contributed by atoms with Crippen LogP contribution >= 0.6 is 0 Å². The zero-order valence-corrected chi connectivity index (χ0v) is 19.0. The van der Waals surface area contributed by atoms with E-state index in [1.807, 2.05) is 0 Å². The predicted octanol–water partition coefficient (Wildman–Crippen LogP) is 2.84. The second kappa shape index (κ2) is 10.4. The lowest BCUT2D eigenvalue weighted by molar-refractivity contribution is -0.384. The van der Waals surface area contributed by atoms with Crippen LogP contribution in [-0.4, -0.2) is 32.6 Å². The van der Waals surface area contributed by atoms with Crippen molar-refractivity contribution in [2.75, 3.05) is 0 Å². The first-order valence-corrected chi connectivity index (χ1v) is 10.8. The fraction of sp³-hybridized carbons (Fsp3) is 0.0800. The normalized spacial score (nSPS) is 12.1. The zero-order valence-electron chi connectivity index (χ0n) is 19.0. The molecule has 0 bridgehead atoms. The van der Waals surface area contributed by atoms with E-state index in [1.165, 1.54) is 24.3 Å². The van der Waals surface area contributed by atoms with Gasteiger partial charge in [-0.1, -0.05) is 36.4 Å². The molecule has 11 nitrogen and oxygen atoms in total. The van der Waals surface area contributed by atoms with Crippen LogP contribution in [-0.2, 0) is 4.79 Å². The molecule has 0 spiro atoms. The third-order valence-corrected chi connectivity index (χ3v) is 5.40. The van der Waals surface area contributed by atoms with Gasteiger partial charge in [-0.2, -0.15) is 10.2 Å². The van der Waals surface area contributed by atoms with Gasteiger partial charge in [0.05, 0.1) is 16.0 Å². The number of aromatic nitrogens is 2. The lowest BCUT2D eigenvalue weighted by atomic mass is 10.0. The minimum Gasteiger partial charge on any atom is -0.335 e. The molecule has 0 saturated carbocycles. The van der Waals surface area contributed by atoms with Crippen molar-refractivity contribution in [3.8, 4) is 0 Å². The summed E-state index contributed by atoms with van der Waals surface area (Å²) in [6.07, 6.45) is 0. The van der Waals surface area contributed by atoms with Gasteiger partial charge in [0.2, 0.25) is 0 Å². The minimum absolute atomic E-state index is 0.0738. The van der Waals surface area contributed by atoms with E-state index in [0.717, 1.165) is 0 Å². The standard InChI is InChI=1S/C25H20N6O5/c1-15(16-11-13-18(14-12-16)31(35)36)27-30-25(34)22(26-23(32)17-7-3-2-4-8-17)21-19-9-5-6-10-20(19)24(33)29-28-21/h2-14,22H,1H3,(H,26,32)(H,29,33)(H,30,34)/b27-15-/t22-/m0/s1. The third kappa shape index (κ3) is 5.14. The zero-order chi connectivity index (χ0) is 25.7. The maximum Gasteiger partial charge on any atom is 0.272 e. The maximum absolute atomic E-state index is 13.3. The number of nitrogens with one attached hydrogen (secondary N) is 3. The van der Waals surface area contributed by atoms with Crippen LogP contribution in [0.2, 0.25) is 0 Å². The first-order chi connectivity index (χ1) is 17.3. The number of carbonyl (C=O) groups excluding carboxylic acids is 2. The van der Waals surface area contributed by atoms with Gasteiger partial charge in [0, 0.05) is 23.1 Å². The van der Waals surface area contributed by atoms with Gasteiger partial charge in [-0.15, -0.1) is 0 Å². The van der Waals surface area contributed by atoms with Crippen LogP contribution in [0.4, 0.5) is 5.69 Å². The van der Waals surface area contributed by atoms with Crippen LogP contribution in [0.5, 0.6) is 0 Å². The molecular weight excluding hydrogens is 464 g/mol. The molecule has 1 aromatic heterocycles. The summed E-state index contributed by atoms with van der Waals surface area (Å²) in [5.41, 5.74) is 3.31. The number of hydrazone groups is 1. The van der Waals surface area contributed by atoms with Crippen LogP contribution in [0, 0.1) is 10.1 Å². The highest BCUT2D eigenvalue weighted by Crippen LogP contribution is 2.20. The van der Waals surface area contributed by atoms with Gasteiger partial charge in [-0.3, -0.25) is 24.5 Å². The number of benzene rings is 3. The Hall–Kier alpha value is -5.19. The molecule has 3 aromatic carbocycles. The Kier molecular flexibility index (Phi) is 6.91. The number of nitrogens with zero attached hydrogens (tertiary/aromatic N) is 3. The average molecular weight is 484 g/mol. The summed E-state index contributed by atoms with van der Waals surface area (Å²) in [4.78, 5) is 48.8. The lowest BCUT2D eigenvalue weighted by Gasteiger charge is -2.18. The highest BCUT2D eigenvalue weighted by atomic mass is 16.6. The van der Waals surface area contributed by atoms with Crippen molar-refractivity contribution in [2.45, 2.75) is 13.0 Å². The number of H-pyrrole nitrogens is 1. The van der Waals surface area contributed by atoms with Crippen molar-refractivity contribution in [3.05, 3.63) is 116 Å². The molecule has 1 atom stereocenters. The van der Waals surface area contributed by atoms with Gasteiger partial charge < -0.3 is 5.32 Å². The number of hydrogen-bond acceptors (Lipinski definition) is 7. The van der Waals surface area contributed by atoms with E-state index in [2.05, 4.69) is 26.0 Å². The molecule has 3 N–H and O–H groups in total. The molecule has 0 aliphatic heterocycles. The van der Waals surface area contributed by atoms with Gasteiger partial charge >= 0.3 is 0 Å². The van der Waals surface area contributed by atoms with Crippen LogP contribution < -0.4 is 16.3 Å². The Balaban J connectivity index is 1.67. The number of non-ortho nitro benzene ring substituents is 1. The van der Waals surface area contributed by atoms with E-state index >= 15 is 0 Å². The Morgan fingerprint density at radius 2 is 1.58 bits per heavy atom. The first kappa shape index (κ1) is 24.0. The molecule has 11 heteroatoms. The topological polar surface area (TPSA) is 159 Å². The molecule has 0 radical (unpaired) electrons. The number of fused-ring (bicyclic) bond motifs is 1. The molecule has 0 saturated heterocycles. The van der Waals surface area contributed by atoms with Gasteiger partial charge in [-0.25, -0.2) is 10.5 Å². The largest absolute Gasteiger partial charge is 0.335 e. The summed E-state index contributed by atoms with van der Waals surface area (Å²) in [6, 6.07) is 19.3. The Labute approximate surface area is 204 Å². The fourth-order valence-corrected chi connectivity index (χ4v) is 3.51. The van der Waals surface area contributed by atoms with E-state index in [0.29, 0.717) is 27.6 Å². The molecule has 36 heavy (non-hydrogen) atoms. The second-order valence-electron chi connectivity index (χ2n) is 7.73. The van der Waals surface area contributed by atoms with Crippen LogP contribution in [0.15, 0.2) is 88.8 Å². The molecule has 0 aliphatic carbocycles. The maximum atomic E-state index is 13.3. The van der Waals surface area contributed by atoms with Crippen LogP contribution in [0.25, 0.3) is 10.8 Å². The fourth-order valence-electron chi connectivity index (χ4n) is 3.51. The lowest BCUT2D eigenvalue weighted by Crippen LogP contribution is -2.40. The summed E-state index contributed by atoms with van der Waals surface area (Å²) in [6.45, 7) is 1.62. The molecule has 0 fully saturated rings. The summed E-state index contributed by atoms with van der Waals surface area (Å²) in [7, 11) is 0. The summed E-state index contributed by atoms with van der Waals surface area (Å²) in [5, 5.41) is 24.8. The second-order valence-corrected chi connectivity index (χ2v) is 7.73. The molecule has 0 aliphatic rings. The van der Waals surface area contributed by atoms with E-state index in [4.69, 9.17) is 0 Å². The quantitative estimate of drug-likeness (QED) is 0.208. The van der Waals surface area contributed by atoms with Crippen molar-refractivity contribution in [1.82, 2.24) is 20.9 Å². The molecule has 0 unspecified atom stereocenters. The summed E-state index contributed by atoms with van der Waals surface area (Å²) in [5.74, 6) is -1.23. The Morgan fingerprint density at radius 1 is 0.944 bits per heavy atom. The van der Waals surface area contributed by atoms with Crippen LogP contribution in [0.3, 0.4) is 0 Å². The summed E-state index contributed by atoms with van der Waals surface area (Å²) >= 11 is 0. The highest BCUT2D eigenvalue weighted by molar-refractivity contribution is 6.01. The number of nitro benzene ring substituents is 1. The van der Waals surface area contributed by atoms with Gasteiger partial charge in [0.25, 0.3) is 23.1 Å². The molecule has 2 amide bonds. The van der Waals surface area contributed by atoms with E-state index < -0.39 is 28.3 Å². The monoisotopic (exact) mass is 484 g/mol. The molecule has 4 aromatic rings. The number of rotatable bonds is 7. The predicted molar refractivity (Wildman–Crippen MR) is 132 cm³/mol. The molecule has 180 valence electrons. The first-order valence-electron chi connectivity index (χ1n) is 10.8. The number of nitro groups is 1. The van der Waals surface area contributed by atoms with Crippen molar-refractivity contribution < 1.29 is 14.5 Å². The Bertz CT molecular complexity index is 1530. The van der Waals surface area contributed by atoms with E-state index in [1.54, 1.807) is 61.5 Å². The average Bonchev–Trinajstić information content (AvgIpc) is 2.91. The number of amides is 2. The van der Waals surface area contributed by atoms with E-state index in [9.17, 15) is 24.5 Å². The number of hydrogen-bond donors (Lipinski definition) is 3. The summed E-state index contributed by atoms with van der Waals surface area (Å²) < 4.78 is 0. The van der Waals surface area contributed by atoms with Crippen molar-refractivity contribution in [1.29, 1.82) is 0 Å². The number of carbonyl (C=O) groups is 2. The third-order valence-electron chi connectivity index (χ3n) is 5.40. The van der Waals surface area contributed by atoms with Gasteiger partial charge in [0.1, 0.15) is 5.69 Å². The van der Waals surface area contributed by atoms with Crippen molar-refractivity contribution in [3.63, 3.8) is 0 Å².